The van der Waals surface area contributed by atoms with Gasteiger partial charge in [-0.15, -0.1) is 0 Å². The molecule has 1 saturated carbocycles. The third-order valence-electron chi connectivity index (χ3n) is 7.76. The first-order chi connectivity index (χ1) is 12.8. The van der Waals surface area contributed by atoms with Gasteiger partial charge < -0.3 is 24.8 Å². The second-order valence-electron chi connectivity index (χ2n) is 10.5. The van der Waals surface area contributed by atoms with Gasteiger partial charge in [0.2, 0.25) is 0 Å². The molecule has 0 radical (unpaired) electrons. The highest BCUT2D eigenvalue weighted by molar-refractivity contribution is 5.66. The molecular weight excluding hydrogens is 360 g/mol. The van der Waals surface area contributed by atoms with E-state index in [0.717, 1.165) is 12.8 Å². The summed E-state index contributed by atoms with van der Waals surface area (Å²) < 4.78 is 12.3. The van der Waals surface area contributed by atoms with Crippen LogP contribution in [0.2, 0.25) is 0 Å². The minimum Gasteiger partial charge on any atom is -0.459 e. The minimum atomic E-state index is -1.33. The fraction of sp³-hybridized carbons (Fsp3) is 0.955. The lowest BCUT2D eigenvalue weighted by Gasteiger charge is -2.50. The maximum atomic E-state index is 11.9. The topological polar surface area (TPSA) is 96.2 Å². The number of carbonyl (C=O) groups is 1. The molecule has 0 amide bonds. The summed E-state index contributed by atoms with van der Waals surface area (Å²) in [7, 11) is 0. The van der Waals surface area contributed by atoms with Gasteiger partial charge in [0, 0.05) is 25.2 Å². The minimum absolute atomic E-state index is 0.0316. The maximum Gasteiger partial charge on any atom is 0.303 e. The van der Waals surface area contributed by atoms with Crippen LogP contribution in [0.15, 0.2) is 0 Å². The van der Waals surface area contributed by atoms with Gasteiger partial charge in [0.1, 0.15) is 5.60 Å². The van der Waals surface area contributed by atoms with E-state index >= 15 is 0 Å². The van der Waals surface area contributed by atoms with E-state index in [9.17, 15) is 20.1 Å². The van der Waals surface area contributed by atoms with Crippen LogP contribution >= 0.6 is 0 Å². The number of ether oxygens (including phenoxy) is 2. The van der Waals surface area contributed by atoms with Gasteiger partial charge in [0.05, 0.1) is 29.5 Å². The summed E-state index contributed by atoms with van der Waals surface area (Å²) >= 11 is 0. The average molecular weight is 399 g/mol. The number of hydrogen-bond donors (Lipinski definition) is 3. The van der Waals surface area contributed by atoms with E-state index in [4.69, 9.17) is 9.47 Å². The smallest absolute Gasteiger partial charge is 0.303 e. The molecule has 3 fully saturated rings. The molecule has 2 heterocycles. The molecule has 162 valence electrons. The second kappa shape index (κ2) is 7.22. The molecule has 1 aliphatic carbocycles. The van der Waals surface area contributed by atoms with Crippen molar-refractivity contribution in [3.05, 3.63) is 0 Å². The summed E-state index contributed by atoms with van der Waals surface area (Å²) in [6, 6.07) is 0. The monoisotopic (exact) mass is 398 g/mol. The van der Waals surface area contributed by atoms with Crippen LogP contribution in [-0.2, 0) is 14.3 Å². The summed E-state index contributed by atoms with van der Waals surface area (Å²) in [4.78, 5) is 11.9. The summed E-state index contributed by atoms with van der Waals surface area (Å²) in [5, 5.41) is 32.8. The highest BCUT2D eigenvalue weighted by atomic mass is 16.6. The number of fused-ring (bicyclic) bond motifs is 5. The molecular formula is C22H38O6. The molecule has 2 bridgehead atoms. The lowest BCUT2D eigenvalue weighted by Crippen LogP contribution is -2.57. The predicted molar refractivity (Wildman–Crippen MR) is 104 cm³/mol. The van der Waals surface area contributed by atoms with Crippen molar-refractivity contribution in [3.8, 4) is 0 Å². The van der Waals surface area contributed by atoms with Crippen LogP contribution in [0.25, 0.3) is 0 Å². The molecule has 9 unspecified atom stereocenters. The van der Waals surface area contributed by atoms with E-state index in [1.807, 2.05) is 6.92 Å². The Bertz CT molecular complexity index is 600. The number of rotatable bonds is 2. The van der Waals surface area contributed by atoms with E-state index < -0.39 is 35.1 Å². The zero-order valence-corrected chi connectivity index (χ0v) is 18.1. The van der Waals surface area contributed by atoms with E-state index in [-0.39, 0.29) is 24.2 Å². The van der Waals surface area contributed by atoms with Crippen LogP contribution in [0.1, 0.15) is 73.6 Å². The molecule has 6 heteroatoms. The van der Waals surface area contributed by atoms with Crippen molar-refractivity contribution in [2.24, 2.45) is 23.7 Å². The molecule has 3 aliphatic rings. The van der Waals surface area contributed by atoms with Crippen molar-refractivity contribution >= 4 is 5.97 Å². The fourth-order valence-electron chi connectivity index (χ4n) is 6.29. The predicted octanol–water partition coefficient (Wildman–Crippen LogP) is 2.42. The number of carbonyl (C=O) groups excluding carboxylic acids is 1. The summed E-state index contributed by atoms with van der Waals surface area (Å²) in [5.41, 5.74) is -3.16. The number of aliphatic hydroxyl groups excluding tert-OH is 1. The zero-order valence-electron chi connectivity index (χ0n) is 18.1. The van der Waals surface area contributed by atoms with Gasteiger partial charge in [-0.25, -0.2) is 0 Å². The van der Waals surface area contributed by atoms with Crippen LogP contribution in [0.4, 0.5) is 0 Å². The molecule has 2 saturated heterocycles. The number of esters is 1. The van der Waals surface area contributed by atoms with Crippen molar-refractivity contribution in [3.63, 3.8) is 0 Å². The fourth-order valence-corrected chi connectivity index (χ4v) is 6.29. The van der Waals surface area contributed by atoms with Crippen molar-refractivity contribution in [2.75, 3.05) is 0 Å². The largest absolute Gasteiger partial charge is 0.459 e. The average Bonchev–Trinajstić information content (AvgIpc) is 2.92. The third-order valence-corrected chi connectivity index (χ3v) is 7.76. The number of aliphatic hydroxyl groups is 3. The highest BCUT2D eigenvalue weighted by Gasteiger charge is 2.64. The highest BCUT2D eigenvalue weighted by Crippen LogP contribution is 2.57. The van der Waals surface area contributed by atoms with Gasteiger partial charge in [-0.3, -0.25) is 4.79 Å². The van der Waals surface area contributed by atoms with E-state index in [0.29, 0.717) is 24.7 Å². The molecule has 0 aromatic rings. The van der Waals surface area contributed by atoms with Gasteiger partial charge in [0.25, 0.3) is 0 Å². The molecule has 6 nitrogen and oxygen atoms in total. The Kier molecular flexibility index (Phi) is 5.68. The molecule has 28 heavy (non-hydrogen) atoms. The summed E-state index contributed by atoms with van der Waals surface area (Å²) in [5.74, 6) is 0.320. The Morgan fingerprint density at radius 2 is 1.75 bits per heavy atom. The Morgan fingerprint density at radius 1 is 1.11 bits per heavy atom. The quantitative estimate of drug-likeness (QED) is 0.618. The third kappa shape index (κ3) is 3.73. The van der Waals surface area contributed by atoms with E-state index in [1.54, 1.807) is 13.8 Å². The molecule has 3 rings (SSSR count). The van der Waals surface area contributed by atoms with Crippen LogP contribution in [0.5, 0.6) is 0 Å². The van der Waals surface area contributed by atoms with Crippen molar-refractivity contribution in [1.82, 2.24) is 0 Å². The zero-order chi connectivity index (χ0) is 21.1. The van der Waals surface area contributed by atoms with Crippen LogP contribution < -0.4 is 0 Å². The van der Waals surface area contributed by atoms with Gasteiger partial charge in [-0.05, 0) is 58.3 Å². The maximum absolute atomic E-state index is 11.9. The molecule has 0 aromatic heterocycles. The van der Waals surface area contributed by atoms with Crippen LogP contribution in [-0.4, -0.2) is 56.4 Å². The van der Waals surface area contributed by atoms with Gasteiger partial charge in [-0.1, -0.05) is 13.8 Å². The lowest BCUT2D eigenvalue weighted by atomic mass is 9.57. The standard InChI is InChI=1S/C22H38O6/c1-12(2)14-7-10-22(6,28-13(3)23)18-15-11-21(5,26)16(24)8-9-20(4,25)19(27-15)17(14)18/h12,14-19,24-26H,7-11H2,1-6H3. The molecule has 9 atom stereocenters. The number of hydrogen-bond acceptors (Lipinski definition) is 6. The SMILES string of the molecule is CC(=O)OC1(C)CCC(C(C)C)C2C3OC(CC(C)(O)C(O)CCC3(C)O)C21. The lowest BCUT2D eigenvalue weighted by molar-refractivity contribution is -0.177. The summed E-state index contributed by atoms with van der Waals surface area (Å²) in [6.45, 7) is 11.2. The van der Waals surface area contributed by atoms with Crippen LogP contribution in [0.3, 0.4) is 0 Å². The van der Waals surface area contributed by atoms with Gasteiger partial charge in [0.15, 0.2) is 0 Å². The Hall–Kier alpha value is -0.690. The van der Waals surface area contributed by atoms with Crippen molar-refractivity contribution in [2.45, 2.75) is 109 Å². The first-order valence-electron chi connectivity index (χ1n) is 10.8. The Morgan fingerprint density at radius 3 is 2.32 bits per heavy atom. The van der Waals surface area contributed by atoms with Crippen molar-refractivity contribution < 1.29 is 29.6 Å². The van der Waals surface area contributed by atoms with Crippen LogP contribution in [0, 0.1) is 23.7 Å². The van der Waals surface area contributed by atoms with E-state index in [1.165, 1.54) is 6.92 Å². The first-order valence-corrected chi connectivity index (χ1v) is 10.8. The molecule has 0 spiro atoms. The molecule has 0 aromatic carbocycles. The normalized spacial score (nSPS) is 51.8. The second-order valence-corrected chi connectivity index (χ2v) is 10.5. The summed E-state index contributed by atoms with van der Waals surface area (Å²) in [6.07, 6.45) is 0.813. The van der Waals surface area contributed by atoms with Gasteiger partial charge >= 0.3 is 5.97 Å². The van der Waals surface area contributed by atoms with E-state index in [2.05, 4.69) is 13.8 Å². The van der Waals surface area contributed by atoms with Gasteiger partial charge in [-0.2, -0.15) is 0 Å². The Labute approximate surface area is 168 Å². The molecule has 3 N–H and O–H groups in total. The first kappa shape index (κ1) is 22.0. The van der Waals surface area contributed by atoms with Crippen molar-refractivity contribution in [1.29, 1.82) is 0 Å². The molecule has 2 aliphatic heterocycles. The Balaban J connectivity index is 2.09.